The van der Waals surface area contributed by atoms with Gasteiger partial charge in [-0.1, -0.05) is 6.07 Å². The molecule has 0 bridgehead atoms. The summed E-state index contributed by atoms with van der Waals surface area (Å²) < 4.78 is 37.6. The van der Waals surface area contributed by atoms with Crippen molar-refractivity contribution >= 4 is 16.8 Å². The minimum Gasteiger partial charge on any atom is -0.351 e. The third-order valence-corrected chi connectivity index (χ3v) is 2.59. The van der Waals surface area contributed by atoms with Gasteiger partial charge in [-0.3, -0.25) is 4.79 Å². The first kappa shape index (κ1) is 13.3. The molecule has 0 saturated carbocycles. The molecule has 0 spiro atoms. The molecule has 1 aromatic heterocycles. The number of carbonyl (C=O) groups is 1. The highest BCUT2D eigenvalue weighted by Crippen LogP contribution is 2.31. The Morgan fingerprint density at radius 1 is 1.26 bits per heavy atom. The number of halogens is 3. The second-order valence-corrected chi connectivity index (χ2v) is 3.96. The molecule has 1 heterocycles. The molecular formula is C13H11F3N2O. The third-order valence-electron chi connectivity index (χ3n) is 2.59. The number of rotatable bonds is 2. The van der Waals surface area contributed by atoms with Gasteiger partial charge >= 0.3 is 6.18 Å². The maximum atomic E-state index is 12.5. The van der Waals surface area contributed by atoms with Gasteiger partial charge in [-0.25, -0.2) is 4.98 Å². The summed E-state index contributed by atoms with van der Waals surface area (Å²) in [4.78, 5) is 15.6. The van der Waals surface area contributed by atoms with Gasteiger partial charge in [0.1, 0.15) is 5.69 Å². The molecule has 19 heavy (non-hydrogen) atoms. The van der Waals surface area contributed by atoms with Crippen LogP contribution >= 0.6 is 0 Å². The molecule has 3 nitrogen and oxygen atoms in total. The van der Waals surface area contributed by atoms with Crippen LogP contribution in [-0.4, -0.2) is 17.4 Å². The summed E-state index contributed by atoms with van der Waals surface area (Å²) in [5.74, 6) is -0.343. The number of benzene rings is 1. The normalized spacial score (nSPS) is 11.6. The van der Waals surface area contributed by atoms with Crippen LogP contribution in [0.4, 0.5) is 13.2 Å². The molecule has 1 N–H and O–H groups in total. The molecule has 0 atom stereocenters. The van der Waals surface area contributed by atoms with E-state index in [-0.39, 0.29) is 11.6 Å². The Bertz CT molecular complexity index is 623. The molecular weight excluding hydrogens is 257 g/mol. The molecule has 0 aliphatic rings. The zero-order valence-electron chi connectivity index (χ0n) is 10.1. The van der Waals surface area contributed by atoms with E-state index in [9.17, 15) is 18.0 Å². The number of nitrogens with one attached hydrogen (secondary N) is 1. The highest BCUT2D eigenvalue weighted by atomic mass is 19.4. The van der Waals surface area contributed by atoms with Crippen LogP contribution < -0.4 is 5.32 Å². The van der Waals surface area contributed by atoms with Crippen LogP contribution in [-0.2, 0) is 6.18 Å². The van der Waals surface area contributed by atoms with Gasteiger partial charge in [0.25, 0.3) is 5.91 Å². The summed E-state index contributed by atoms with van der Waals surface area (Å²) in [5.41, 5.74) is -0.182. The number of hydrogen-bond acceptors (Lipinski definition) is 2. The summed E-state index contributed by atoms with van der Waals surface area (Å²) in [6.45, 7) is 2.24. The number of hydrogen-bond donors (Lipinski definition) is 1. The van der Waals surface area contributed by atoms with Crippen molar-refractivity contribution in [1.29, 1.82) is 0 Å². The molecule has 0 aliphatic heterocycles. The van der Waals surface area contributed by atoms with Crippen LogP contribution in [0, 0.1) is 0 Å². The monoisotopic (exact) mass is 268 g/mol. The Kier molecular flexibility index (Phi) is 3.42. The van der Waals surface area contributed by atoms with Gasteiger partial charge in [-0.05, 0) is 31.2 Å². The number of pyridine rings is 1. The van der Waals surface area contributed by atoms with E-state index in [0.29, 0.717) is 17.4 Å². The van der Waals surface area contributed by atoms with Crippen molar-refractivity contribution < 1.29 is 18.0 Å². The molecule has 2 rings (SSSR count). The predicted molar refractivity (Wildman–Crippen MR) is 64.8 cm³/mol. The lowest BCUT2D eigenvalue weighted by atomic mass is 10.1. The van der Waals surface area contributed by atoms with Gasteiger partial charge in [-0.15, -0.1) is 0 Å². The number of fused-ring (bicyclic) bond motifs is 1. The van der Waals surface area contributed by atoms with Gasteiger partial charge in [0.05, 0.1) is 11.1 Å². The lowest BCUT2D eigenvalue weighted by Crippen LogP contribution is -2.23. The van der Waals surface area contributed by atoms with E-state index in [1.54, 1.807) is 6.92 Å². The molecule has 0 fully saturated rings. The Labute approximate surface area is 107 Å². The van der Waals surface area contributed by atoms with Gasteiger partial charge in [0.2, 0.25) is 0 Å². The molecule has 0 unspecified atom stereocenters. The van der Waals surface area contributed by atoms with Crippen molar-refractivity contribution in [1.82, 2.24) is 10.3 Å². The number of alkyl halides is 3. The molecule has 0 radical (unpaired) electrons. The van der Waals surface area contributed by atoms with Crippen molar-refractivity contribution in [3.63, 3.8) is 0 Å². The van der Waals surface area contributed by atoms with E-state index < -0.39 is 11.7 Å². The molecule has 0 saturated heterocycles. The fraction of sp³-hybridized carbons (Fsp3) is 0.231. The molecule has 2 aromatic rings. The van der Waals surface area contributed by atoms with Crippen molar-refractivity contribution in [2.24, 2.45) is 0 Å². The average Bonchev–Trinajstić information content (AvgIpc) is 2.36. The van der Waals surface area contributed by atoms with E-state index in [2.05, 4.69) is 10.3 Å². The second kappa shape index (κ2) is 4.87. The Balaban J connectivity index is 2.43. The first-order valence-corrected chi connectivity index (χ1v) is 5.68. The van der Waals surface area contributed by atoms with E-state index in [4.69, 9.17) is 0 Å². The first-order valence-electron chi connectivity index (χ1n) is 5.68. The minimum atomic E-state index is -4.38. The van der Waals surface area contributed by atoms with Crippen molar-refractivity contribution in [3.8, 4) is 0 Å². The number of aromatic nitrogens is 1. The maximum Gasteiger partial charge on any atom is 0.416 e. The summed E-state index contributed by atoms with van der Waals surface area (Å²) >= 11 is 0. The molecule has 100 valence electrons. The van der Waals surface area contributed by atoms with Crippen LogP contribution in [0.1, 0.15) is 23.0 Å². The van der Waals surface area contributed by atoms with Crippen molar-refractivity contribution in [3.05, 3.63) is 41.6 Å². The van der Waals surface area contributed by atoms with Gasteiger partial charge < -0.3 is 5.32 Å². The highest BCUT2D eigenvalue weighted by Gasteiger charge is 2.30. The quantitative estimate of drug-likeness (QED) is 0.909. The largest absolute Gasteiger partial charge is 0.416 e. The van der Waals surface area contributed by atoms with Crippen LogP contribution in [0.3, 0.4) is 0 Å². The van der Waals surface area contributed by atoms with Crippen LogP contribution in [0.2, 0.25) is 0 Å². The average molecular weight is 268 g/mol. The van der Waals surface area contributed by atoms with Crippen molar-refractivity contribution in [2.75, 3.05) is 6.54 Å². The van der Waals surface area contributed by atoms with E-state index >= 15 is 0 Å². The molecule has 1 amide bonds. The molecule has 1 aromatic carbocycles. The number of nitrogens with zero attached hydrogens (tertiary/aromatic N) is 1. The van der Waals surface area contributed by atoms with Crippen LogP contribution in [0.25, 0.3) is 10.9 Å². The minimum absolute atomic E-state index is 0.189. The lowest BCUT2D eigenvalue weighted by molar-refractivity contribution is -0.137. The molecule has 6 heteroatoms. The fourth-order valence-electron chi connectivity index (χ4n) is 1.68. The fourth-order valence-corrected chi connectivity index (χ4v) is 1.68. The standard InChI is InChI=1S/C13H11F3N2O/c1-2-17-12(19)11-5-3-8-7-9(13(14,15)16)4-6-10(8)18-11/h3-7H,2H2,1H3,(H,17,19). The maximum absolute atomic E-state index is 12.5. The summed E-state index contributed by atoms with van der Waals surface area (Å²) in [6, 6.07) is 6.11. The second-order valence-electron chi connectivity index (χ2n) is 3.96. The van der Waals surface area contributed by atoms with E-state index in [0.717, 1.165) is 12.1 Å². The van der Waals surface area contributed by atoms with Crippen LogP contribution in [0.5, 0.6) is 0 Å². The number of carbonyl (C=O) groups excluding carboxylic acids is 1. The zero-order valence-corrected chi connectivity index (χ0v) is 10.1. The predicted octanol–water partition coefficient (Wildman–Crippen LogP) is 3.00. The lowest BCUT2D eigenvalue weighted by Gasteiger charge is -2.08. The summed E-state index contributed by atoms with van der Waals surface area (Å²) in [7, 11) is 0. The Hall–Kier alpha value is -2.11. The van der Waals surface area contributed by atoms with Gasteiger partial charge in [0.15, 0.2) is 0 Å². The Morgan fingerprint density at radius 2 is 2.00 bits per heavy atom. The van der Waals surface area contributed by atoms with E-state index in [1.165, 1.54) is 18.2 Å². The highest BCUT2D eigenvalue weighted by molar-refractivity contribution is 5.94. The van der Waals surface area contributed by atoms with Crippen molar-refractivity contribution in [2.45, 2.75) is 13.1 Å². The molecule has 0 aliphatic carbocycles. The SMILES string of the molecule is CCNC(=O)c1ccc2cc(C(F)(F)F)ccc2n1. The smallest absolute Gasteiger partial charge is 0.351 e. The third kappa shape index (κ3) is 2.83. The van der Waals surface area contributed by atoms with Gasteiger partial charge in [-0.2, -0.15) is 13.2 Å². The van der Waals surface area contributed by atoms with E-state index in [1.807, 2.05) is 0 Å². The zero-order chi connectivity index (χ0) is 14.0. The van der Waals surface area contributed by atoms with Gasteiger partial charge in [0, 0.05) is 11.9 Å². The number of amides is 1. The topological polar surface area (TPSA) is 42.0 Å². The van der Waals surface area contributed by atoms with Crippen LogP contribution in [0.15, 0.2) is 30.3 Å². The summed E-state index contributed by atoms with van der Waals surface area (Å²) in [6.07, 6.45) is -4.38. The summed E-state index contributed by atoms with van der Waals surface area (Å²) in [5, 5.41) is 2.93. The Morgan fingerprint density at radius 3 is 2.63 bits per heavy atom. The first-order chi connectivity index (χ1) is 8.91.